The molecule has 0 fully saturated rings. The van der Waals surface area contributed by atoms with Crippen molar-refractivity contribution in [3.05, 3.63) is 205 Å². The highest BCUT2D eigenvalue weighted by atomic mass is 32.1. The Labute approximate surface area is 319 Å². The van der Waals surface area contributed by atoms with Gasteiger partial charge in [0.2, 0.25) is 0 Å². The van der Waals surface area contributed by atoms with Crippen LogP contribution in [0.3, 0.4) is 0 Å². The molecule has 11 nitrogen and oxygen atoms in total. The molecule has 8 aromatic heterocycles. The van der Waals surface area contributed by atoms with Gasteiger partial charge in [-0.05, 0) is 101 Å². The molecule has 8 rings (SSSR count). The predicted octanol–water partition coefficient (Wildman–Crippen LogP) is 9.22. The molecule has 0 bridgehead atoms. The number of hydrogen-bond acceptors (Lipinski definition) is 12. The maximum atomic E-state index is 5.18. The largest absolute Gasteiger partial charge is 0.467 e. The molecule has 0 aliphatic heterocycles. The van der Waals surface area contributed by atoms with Crippen molar-refractivity contribution in [2.75, 3.05) is 21.3 Å². The zero-order valence-corrected chi connectivity index (χ0v) is 30.5. The van der Waals surface area contributed by atoms with Gasteiger partial charge in [-0.1, -0.05) is 12.1 Å². The van der Waals surface area contributed by atoms with Crippen LogP contribution in [0.5, 0.6) is 0 Å². The third kappa shape index (κ3) is 15.5. The second-order valence-electron chi connectivity index (χ2n) is 11.2. The van der Waals surface area contributed by atoms with Crippen LogP contribution in [0.4, 0.5) is 22.7 Å². The maximum absolute atomic E-state index is 5.18. The molecule has 4 N–H and O–H groups in total. The SMILES string of the molecule is c1cc(CNc2ccncc2)ccn1.c1cncc(CNc2ccncc2)c1.c1coc(CNc2ccncc2)c1.c1csc(CNc2ccncc2)c1. The number of furan rings is 1. The molecule has 8 heterocycles. The molecule has 0 aliphatic carbocycles. The molecule has 272 valence electrons. The summed E-state index contributed by atoms with van der Waals surface area (Å²) in [5.41, 5.74) is 6.71. The minimum atomic E-state index is 0.705. The van der Waals surface area contributed by atoms with Crippen LogP contribution in [0.2, 0.25) is 0 Å². The lowest BCUT2D eigenvalue weighted by Crippen LogP contribution is -1.99. The Morgan fingerprint density at radius 2 is 0.889 bits per heavy atom. The van der Waals surface area contributed by atoms with E-state index in [9.17, 15) is 0 Å². The van der Waals surface area contributed by atoms with Crippen molar-refractivity contribution in [2.45, 2.75) is 26.2 Å². The summed E-state index contributed by atoms with van der Waals surface area (Å²) >= 11 is 1.76. The number of thiophene rings is 1. The zero-order chi connectivity index (χ0) is 37.1. The fourth-order valence-electron chi connectivity index (χ4n) is 4.50. The first kappa shape index (κ1) is 38.3. The van der Waals surface area contributed by atoms with Gasteiger partial charge in [0.05, 0.1) is 12.8 Å². The molecule has 0 saturated carbocycles. The number of pyridine rings is 6. The van der Waals surface area contributed by atoms with Crippen LogP contribution < -0.4 is 21.3 Å². The van der Waals surface area contributed by atoms with Gasteiger partial charge in [-0.25, -0.2) is 0 Å². The molecule has 0 saturated heterocycles. The molecule has 0 atom stereocenters. The topological polar surface area (TPSA) is 139 Å². The van der Waals surface area contributed by atoms with Crippen LogP contribution in [0.1, 0.15) is 21.8 Å². The molecule has 0 unspecified atom stereocenters. The number of hydrogen-bond donors (Lipinski definition) is 4. The van der Waals surface area contributed by atoms with Crippen molar-refractivity contribution < 1.29 is 4.42 Å². The van der Waals surface area contributed by atoms with Crippen LogP contribution in [0, 0.1) is 0 Å². The predicted molar refractivity (Wildman–Crippen MR) is 218 cm³/mol. The van der Waals surface area contributed by atoms with Crippen molar-refractivity contribution >= 4 is 34.1 Å². The van der Waals surface area contributed by atoms with Crippen LogP contribution >= 0.6 is 11.3 Å². The standard InChI is InChI=1S/2C11H11N3.C10H10N2O.C10H10N2S/c1-5-12-6-2-10(1)9-14-11-3-7-13-8-4-11;1-2-10(8-13-5-1)9-14-11-3-6-12-7-4-11;2*1-2-10(13-7-1)8-12-9-3-5-11-6-4-9/h1-8H,9H2,(H,13,14);1-8H,9H2,(H,12,14);2*1-7H,8H2,(H,11,12). The molecular weight excluding hydrogens is 693 g/mol. The summed E-state index contributed by atoms with van der Waals surface area (Å²) in [6, 6.07) is 31.5. The summed E-state index contributed by atoms with van der Waals surface area (Å²) in [6.45, 7) is 3.20. The van der Waals surface area contributed by atoms with E-state index in [1.165, 1.54) is 16.0 Å². The van der Waals surface area contributed by atoms with Gasteiger partial charge in [-0.3, -0.25) is 29.9 Å². The molecule has 0 spiro atoms. The zero-order valence-electron chi connectivity index (χ0n) is 29.6. The van der Waals surface area contributed by atoms with Crippen molar-refractivity contribution in [3.8, 4) is 0 Å². The number of anilines is 4. The summed E-state index contributed by atoms with van der Waals surface area (Å²) in [5.74, 6) is 0.928. The summed E-state index contributed by atoms with van der Waals surface area (Å²) < 4.78 is 5.18. The maximum Gasteiger partial charge on any atom is 0.122 e. The first-order chi connectivity index (χ1) is 26.8. The fourth-order valence-corrected chi connectivity index (χ4v) is 5.14. The Morgan fingerprint density at radius 1 is 0.407 bits per heavy atom. The number of rotatable bonds is 12. The van der Waals surface area contributed by atoms with Gasteiger partial charge in [0.15, 0.2) is 0 Å². The normalized spacial score (nSPS) is 9.78. The summed E-state index contributed by atoms with van der Waals surface area (Å²) in [6.07, 6.45) is 23.1. The summed E-state index contributed by atoms with van der Waals surface area (Å²) in [7, 11) is 0. The third-order valence-electron chi connectivity index (χ3n) is 7.28. The van der Waals surface area contributed by atoms with Gasteiger partial charge in [-0.2, -0.15) is 0 Å². The Morgan fingerprint density at radius 3 is 1.33 bits per heavy atom. The molecule has 0 aromatic carbocycles. The smallest absolute Gasteiger partial charge is 0.122 e. The average Bonchev–Trinajstić information content (AvgIpc) is 3.99. The van der Waals surface area contributed by atoms with Gasteiger partial charge in [0, 0.05) is 122 Å². The van der Waals surface area contributed by atoms with Crippen molar-refractivity contribution in [1.82, 2.24) is 29.9 Å². The van der Waals surface area contributed by atoms with Gasteiger partial charge >= 0.3 is 0 Å². The van der Waals surface area contributed by atoms with Crippen LogP contribution in [-0.2, 0) is 26.2 Å². The lowest BCUT2D eigenvalue weighted by Gasteiger charge is -2.04. The highest BCUT2D eigenvalue weighted by molar-refractivity contribution is 7.09. The van der Waals surface area contributed by atoms with Crippen LogP contribution in [-0.4, -0.2) is 29.9 Å². The highest BCUT2D eigenvalue weighted by Crippen LogP contribution is 2.12. The van der Waals surface area contributed by atoms with E-state index >= 15 is 0 Å². The molecule has 54 heavy (non-hydrogen) atoms. The van der Waals surface area contributed by atoms with Gasteiger partial charge in [-0.15, -0.1) is 11.3 Å². The minimum absolute atomic E-state index is 0.705. The van der Waals surface area contributed by atoms with E-state index in [0.29, 0.717) is 6.54 Å². The molecule has 8 aromatic rings. The Bertz CT molecular complexity index is 1810. The van der Waals surface area contributed by atoms with E-state index in [1.54, 1.807) is 85.8 Å². The van der Waals surface area contributed by atoms with E-state index in [1.807, 2.05) is 91.1 Å². The van der Waals surface area contributed by atoms with E-state index in [4.69, 9.17) is 4.42 Å². The van der Waals surface area contributed by atoms with Crippen LogP contribution in [0.15, 0.2) is 187 Å². The molecule has 0 amide bonds. The Balaban J connectivity index is 0.000000139. The number of nitrogens with zero attached hydrogens (tertiary/aromatic N) is 6. The third-order valence-corrected chi connectivity index (χ3v) is 8.16. The van der Waals surface area contributed by atoms with Gasteiger partial charge < -0.3 is 25.7 Å². The highest BCUT2D eigenvalue weighted by Gasteiger charge is 1.96. The first-order valence-corrected chi connectivity index (χ1v) is 18.1. The van der Waals surface area contributed by atoms with Gasteiger partial charge in [0.1, 0.15) is 5.76 Å². The lowest BCUT2D eigenvalue weighted by molar-refractivity contribution is 0.518. The molecule has 12 heteroatoms. The molecular formula is C42H42N10OS. The number of nitrogens with one attached hydrogen (secondary N) is 4. The lowest BCUT2D eigenvalue weighted by atomic mass is 10.2. The van der Waals surface area contributed by atoms with E-state index < -0.39 is 0 Å². The summed E-state index contributed by atoms with van der Waals surface area (Å²) in [5, 5.41) is 15.2. The van der Waals surface area contributed by atoms with Crippen molar-refractivity contribution in [3.63, 3.8) is 0 Å². The van der Waals surface area contributed by atoms with Crippen molar-refractivity contribution in [2.24, 2.45) is 0 Å². The Kier molecular flexibility index (Phi) is 16.7. The second kappa shape index (κ2) is 23.5. The van der Waals surface area contributed by atoms with E-state index in [0.717, 1.165) is 48.1 Å². The van der Waals surface area contributed by atoms with E-state index in [-0.39, 0.29) is 0 Å². The molecule has 0 radical (unpaired) electrons. The quantitative estimate of drug-likeness (QED) is 0.0956. The Hall–Kier alpha value is -6.92. The van der Waals surface area contributed by atoms with Crippen molar-refractivity contribution in [1.29, 1.82) is 0 Å². The summed E-state index contributed by atoms with van der Waals surface area (Å²) in [4.78, 5) is 25.1. The average molecular weight is 735 g/mol. The molecule has 0 aliphatic rings. The first-order valence-electron chi connectivity index (χ1n) is 17.2. The van der Waals surface area contributed by atoms with E-state index in [2.05, 4.69) is 68.7 Å². The van der Waals surface area contributed by atoms with Crippen LogP contribution in [0.25, 0.3) is 0 Å². The number of aromatic nitrogens is 6. The second-order valence-corrected chi connectivity index (χ2v) is 12.3. The fraction of sp³-hybridized carbons (Fsp3) is 0.0952. The van der Waals surface area contributed by atoms with Gasteiger partial charge in [0.25, 0.3) is 0 Å². The monoisotopic (exact) mass is 734 g/mol. The minimum Gasteiger partial charge on any atom is -0.467 e.